The van der Waals surface area contributed by atoms with Gasteiger partial charge in [-0.25, -0.2) is 8.42 Å². The second kappa shape index (κ2) is 11.2. The second-order valence-electron chi connectivity index (χ2n) is 8.30. The van der Waals surface area contributed by atoms with Crippen molar-refractivity contribution in [2.45, 2.75) is 50.0 Å². The van der Waals surface area contributed by atoms with Crippen LogP contribution in [0.1, 0.15) is 49.4 Å². The molecule has 0 aromatic heterocycles. The minimum atomic E-state index is -3.91. The van der Waals surface area contributed by atoms with Crippen molar-refractivity contribution in [3.63, 3.8) is 0 Å². The van der Waals surface area contributed by atoms with Crippen molar-refractivity contribution in [1.29, 1.82) is 0 Å². The molecule has 1 aliphatic heterocycles. The Morgan fingerprint density at radius 3 is 2.62 bits per heavy atom. The minimum absolute atomic E-state index is 0.0833. The number of halogens is 1. The SMILES string of the molecule is CC1CCCCN1CCCCNC(=O)c1ccc(Cl)c(S(=O)(=O)N(C)c2ccccc2)c1. The molecular formula is C24H32ClN3O3S. The number of para-hydroxylation sites is 1. The number of likely N-dealkylation sites (tertiary alicyclic amines) is 1. The molecule has 6 nitrogen and oxygen atoms in total. The molecule has 2 aromatic carbocycles. The van der Waals surface area contributed by atoms with Crippen molar-refractivity contribution in [2.24, 2.45) is 0 Å². The lowest BCUT2D eigenvalue weighted by atomic mass is 10.0. The number of amides is 1. The van der Waals surface area contributed by atoms with Gasteiger partial charge in [-0.15, -0.1) is 0 Å². The Morgan fingerprint density at radius 2 is 1.91 bits per heavy atom. The molecule has 3 rings (SSSR count). The second-order valence-corrected chi connectivity index (χ2v) is 10.6. The molecule has 1 atom stereocenters. The van der Waals surface area contributed by atoms with Crippen LogP contribution in [-0.4, -0.2) is 51.9 Å². The van der Waals surface area contributed by atoms with Gasteiger partial charge in [0.05, 0.1) is 10.7 Å². The van der Waals surface area contributed by atoms with Gasteiger partial charge < -0.3 is 10.2 Å². The quantitative estimate of drug-likeness (QED) is 0.538. The highest BCUT2D eigenvalue weighted by atomic mass is 35.5. The molecule has 1 fully saturated rings. The third-order valence-corrected chi connectivity index (χ3v) is 8.32. The molecule has 174 valence electrons. The highest BCUT2D eigenvalue weighted by Gasteiger charge is 2.25. The van der Waals surface area contributed by atoms with E-state index >= 15 is 0 Å². The highest BCUT2D eigenvalue weighted by Crippen LogP contribution is 2.28. The van der Waals surface area contributed by atoms with Gasteiger partial charge in [0, 0.05) is 25.2 Å². The van der Waals surface area contributed by atoms with Gasteiger partial charge in [0.1, 0.15) is 4.90 Å². The average Bonchev–Trinajstić information content (AvgIpc) is 2.80. The van der Waals surface area contributed by atoms with Crippen LogP contribution in [0, 0.1) is 0 Å². The molecule has 0 radical (unpaired) electrons. The van der Waals surface area contributed by atoms with E-state index in [9.17, 15) is 13.2 Å². The topological polar surface area (TPSA) is 69.7 Å². The van der Waals surface area contributed by atoms with E-state index < -0.39 is 10.0 Å². The van der Waals surface area contributed by atoms with E-state index in [1.807, 2.05) is 6.07 Å². The van der Waals surface area contributed by atoms with Gasteiger partial charge in [-0.2, -0.15) is 0 Å². The van der Waals surface area contributed by atoms with Crippen molar-refractivity contribution in [3.05, 3.63) is 59.1 Å². The third-order valence-electron chi connectivity index (χ3n) is 6.05. The first-order valence-corrected chi connectivity index (χ1v) is 13.0. The Labute approximate surface area is 196 Å². The number of piperidine rings is 1. The lowest BCUT2D eigenvalue weighted by molar-refractivity contribution is 0.0951. The predicted molar refractivity (Wildman–Crippen MR) is 130 cm³/mol. The van der Waals surface area contributed by atoms with Crippen LogP contribution in [0.5, 0.6) is 0 Å². The molecule has 1 unspecified atom stereocenters. The van der Waals surface area contributed by atoms with Crippen LogP contribution in [0.2, 0.25) is 5.02 Å². The Morgan fingerprint density at radius 1 is 1.16 bits per heavy atom. The number of carbonyl (C=O) groups is 1. The third kappa shape index (κ3) is 6.03. The van der Waals surface area contributed by atoms with Crippen molar-refractivity contribution in [2.75, 3.05) is 31.0 Å². The molecule has 1 aliphatic rings. The fourth-order valence-corrected chi connectivity index (χ4v) is 5.69. The Hall–Kier alpha value is -2.09. The fraction of sp³-hybridized carbons (Fsp3) is 0.458. The molecule has 0 spiro atoms. The maximum Gasteiger partial charge on any atom is 0.265 e. The van der Waals surface area contributed by atoms with Crippen molar-refractivity contribution in [1.82, 2.24) is 10.2 Å². The number of anilines is 1. The summed E-state index contributed by atoms with van der Waals surface area (Å²) in [6, 6.07) is 13.7. The number of nitrogens with zero attached hydrogens (tertiary/aromatic N) is 2. The van der Waals surface area contributed by atoms with E-state index in [1.54, 1.807) is 30.3 Å². The van der Waals surface area contributed by atoms with Gasteiger partial charge in [-0.3, -0.25) is 9.10 Å². The number of hydrogen-bond acceptors (Lipinski definition) is 4. The van der Waals surface area contributed by atoms with Gasteiger partial charge in [0.25, 0.3) is 15.9 Å². The van der Waals surface area contributed by atoms with Crippen LogP contribution >= 0.6 is 11.6 Å². The normalized spacial score (nSPS) is 17.2. The fourth-order valence-electron chi connectivity index (χ4n) is 4.00. The molecule has 1 heterocycles. The van der Waals surface area contributed by atoms with Gasteiger partial charge in [-0.05, 0) is 76.0 Å². The number of carbonyl (C=O) groups excluding carboxylic acids is 1. The smallest absolute Gasteiger partial charge is 0.265 e. The Bertz CT molecular complexity index is 1010. The monoisotopic (exact) mass is 477 g/mol. The number of hydrogen-bond donors (Lipinski definition) is 1. The lowest BCUT2D eigenvalue weighted by Crippen LogP contribution is -2.38. The van der Waals surface area contributed by atoms with Gasteiger partial charge in [-0.1, -0.05) is 36.2 Å². The zero-order chi connectivity index (χ0) is 23.1. The predicted octanol–water partition coefficient (Wildman–Crippen LogP) is 4.55. The zero-order valence-electron chi connectivity index (χ0n) is 18.8. The first-order valence-electron chi connectivity index (χ1n) is 11.2. The van der Waals surface area contributed by atoms with E-state index in [2.05, 4.69) is 17.1 Å². The maximum atomic E-state index is 13.1. The molecule has 1 saturated heterocycles. The van der Waals surface area contributed by atoms with Crippen molar-refractivity contribution in [3.8, 4) is 0 Å². The molecule has 0 aliphatic carbocycles. The molecule has 0 bridgehead atoms. The molecule has 2 aromatic rings. The number of rotatable bonds is 9. The van der Waals surface area contributed by atoms with Crippen LogP contribution in [-0.2, 0) is 10.0 Å². The van der Waals surface area contributed by atoms with E-state index in [-0.39, 0.29) is 21.4 Å². The zero-order valence-corrected chi connectivity index (χ0v) is 20.3. The highest BCUT2D eigenvalue weighted by molar-refractivity contribution is 7.93. The van der Waals surface area contributed by atoms with Gasteiger partial charge in [0.2, 0.25) is 0 Å². The first kappa shape index (κ1) is 24.6. The largest absolute Gasteiger partial charge is 0.352 e. The minimum Gasteiger partial charge on any atom is -0.352 e. The summed E-state index contributed by atoms with van der Waals surface area (Å²) in [5.41, 5.74) is 0.792. The molecule has 8 heteroatoms. The summed E-state index contributed by atoms with van der Waals surface area (Å²) in [5.74, 6) is -0.299. The van der Waals surface area contributed by atoms with E-state index in [0.29, 0.717) is 18.3 Å². The van der Waals surface area contributed by atoms with Crippen molar-refractivity contribution < 1.29 is 13.2 Å². The summed E-state index contributed by atoms with van der Waals surface area (Å²) in [4.78, 5) is 15.1. The molecule has 32 heavy (non-hydrogen) atoms. The van der Waals surface area contributed by atoms with Crippen LogP contribution in [0.3, 0.4) is 0 Å². The van der Waals surface area contributed by atoms with Gasteiger partial charge in [0.15, 0.2) is 0 Å². The van der Waals surface area contributed by atoms with Gasteiger partial charge >= 0.3 is 0 Å². The van der Waals surface area contributed by atoms with Crippen LogP contribution in [0.15, 0.2) is 53.4 Å². The molecule has 0 saturated carbocycles. The number of sulfonamides is 1. The van der Waals surface area contributed by atoms with Crippen LogP contribution in [0.25, 0.3) is 0 Å². The van der Waals surface area contributed by atoms with Crippen molar-refractivity contribution >= 4 is 33.2 Å². The number of nitrogens with one attached hydrogen (secondary N) is 1. The summed E-state index contributed by atoms with van der Waals surface area (Å²) >= 11 is 6.21. The standard InChI is InChI=1S/C24H32ClN3O3S/c1-19-10-6-8-16-28(19)17-9-7-15-26-24(29)20-13-14-22(25)23(18-20)32(30,31)27(2)21-11-4-3-5-12-21/h3-5,11-14,18-19H,6-10,15-17H2,1-2H3,(H,26,29). The average molecular weight is 478 g/mol. The van der Waals surface area contributed by atoms with Crippen LogP contribution in [0.4, 0.5) is 5.69 Å². The van der Waals surface area contributed by atoms with E-state index in [0.717, 1.165) is 30.2 Å². The maximum absolute atomic E-state index is 13.1. The number of unbranched alkanes of at least 4 members (excludes halogenated alkanes) is 1. The summed E-state index contributed by atoms with van der Waals surface area (Å²) in [6.07, 6.45) is 5.74. The van der Waals surface area contributed by atoms with E-state index in [4.69, 9.17) is 11.6 Å². The number of benzene rings is 2. The molecule has 1 amide bonds. The molecule has 1 N–H and O–H groups in total. The molecular weight excluding hydrogens is 446 g/mol. The Balaban J connectivity index is 1.59. The van der Waals surface area contributed by atoms with E-state index in [1.165, 1.54) is 38.4 Å². The first-order chi connectivity index (χ1) is 15.3. The summed E-state index contributed by atoms with van der Waals surface area (Å²) in [6.45, 7) is 5.04. The Kier molecular flexibility index (Phi) is 8.57. The lowest BCUT2D eigenvalue weighted by Gasteiger charge is -2.33. The summed E-state index contributed by atoms with van der Waals surface area (Å²) in [5, 5.41) is 2.98. The van der Waals surface area contributed by atoms with Crippen LogP contribution < -0.4 is 9.62 Å². The summed E-state index contributed by atoms with van der Waals surface area (Å²) in [7, 11) is -2.44. The summed E-state index contributed by atoms with van der Waals surface area (Å²) < 4.78 is 27.4.